The molecule has 0 aromatic heterocycles. The predicted molar refractivity (Wildman–Crippen MR) is 118 cm³/mol. The van der Waals surface area contributed by atoms with Crippen LogP contribution in [0.25, 0.3) is 0 Å². The van der Waals surface area contributed by atoms with Crippen molar-refractivity contribution in [3.8, 4) is 5.75 Å². The van der Waals surface area contributed by atoms with Crippen LogP contribution >= 0.6 is 0 Å². The van der Waals surface area contributed by atoms with Crippen molar-refractivity contribution in [1.82, 2.24) is 10.6 Å². The van der Waals surface area contributed by atoms with Crippen LogP contribution in [0.3, 0.4) is 0 Å². The van der Waals surface area contributed by atoms with Crippen molar-refractivity contribution < 1.29 is 33.3 Å². The molecule has 1 aliphatic rings. The number of halogens is 2. The zero-order valence-corrected chi connectivity index (χ0v) is 18.3. The van der Waals surface area contributed by atoms with Crippen molar-refractivity contribution in [3.63, 3.8) is 0 Å². The Hall–Kier alpha value is -3.01. The molecule has 2 aromatic carbocycles. The predicted octanol–water partition coefficient (Wildman–Crippen LogP) is 3.49. The van der Waals surface area contributed by atoms with E-state index in [-0.39, 0.29) is 30.7 Å². The van der Waals surface area contributed by atoms with Crippen molar-refractivity contribution >= 4 is 6.09 Å². The van der Waals surface area contributed by atoms with E-state index in [9.17, 15) is 23.8 Å². The minimum atomic E-state index is -1.34. The van der Waals surface area contributed by atoms with Crippen molar-refractivity contribution in [3.05, 3.63) is 77.4 Å². The first kappa shape index (κ1) is 24.6. The van der Waals surface area contributed by atoms with Gasteiger partial charge in [-0.2, -0.15) is 0 Å². The largest absolute Gasteiger partial charge is 0.497 e. The number of hydrogen-bond acceptors (Lipinski definition) is 5. The monoisotopic (exact) mass is 462 g/mol. The SMILES string of the molecule is C=CCO[C@H]1C[C@@H](NC[C@@H](O)[C@H](Cc2cc(F)cc(F)c2)NC(=O)O)c2cc(OC)ccc21. The topological polar surface area (TPSA) is 100 Å². The van der Waals surface area contributed by atoms with Crippen molar-refractivity contribution in [2.24, 2.45) is 0 Å². The Morgan fingerprint density at radius 2 is 1.97 bits per heavy atom. The number of ether oxygens (including phenoxy) is 2. The van der Waals surface area contributed by atoms with E-state index < -0.39 is 29.9 Å². The molecule has 7 nitrogen and oxygen atoms in total. The van der Waals surface area contributed by atoms with E-state index in [4.69, 9.17) is 9.47 Å². The number of nitrogens with one attached hydrogen (secondary N) is 2. The third-order valence-corrected chi connectivity index (χ3v) is 5.61. The smallest absolute Gasteiger partial charge is 0.404 e. The zero-order valence-electron chi connectivity index (χ0n) is 18.3. The van der Waals surface area contributed by atoms with E-state index in [2.05, 4.69) is 17.2 Å². The Labute approximate surface area is 191 Å². The third-order valence-electron chi connectivity index (χ3n) is 5.61. The normalized spacial score (nSPS) is 18.9. The Balaban J connectivity index is 1.72. The number of rotatable bonds is 11. The number of benzene rings is 2. The van der Waals surface area contributed by atoms with Crippen LogP contribution in [0.5, 0.6) is 5.75 Å². The lowest BCUT2D eigenvalue weighted by molar-refractivity contribution is 0.0672. The highest BCUT2D eigenvalue weighted by Crippen LogP contribution is 2.42. The second-order valence-corrected chi connectivity index (χ2v) is 7.91. The average molecular weight is 462 g/mol. The number of aliphatic hydroxyl groups excluding tert-OH is 1. The van der Waals surface area contributed by atoms with Gasteiger partial charge in [-0.05, 0) is 53.8 Å². The molecule has 0 unspecified atom stereocenters. The maximum Gasteiger partial charge on any atom is 0.404 e. The maximum atomic E-state index is 13.5. The Bertz CT molecular complexity index is 967. The Kier molecular flexibility index (Phi) is 8.37. The molecule has 0 bridgehead atoms. The summed E-state index contributed by atoms with van der Waals surface area (Å²) in [4.78, 5) is 11.2. The highest BCUT2D eigenvalue weighted by molar-refractivity contribution is 5.65. The van der Waals surface area contributed by atoms with Gasteiger partial charge in [0.2, 0.25) is 0 Å². The molecule has 0 radical (unpaired) electrons. The summed E-state index contributed by atoms with van der Waals surface area (Å²) in [6.07, 6.45) is -0.467. The molecule has 0 spiro atoms. The molecule has 2 aromatic rings. The van der Waals surface area contributed by atoms with Crippen LogP contribution in [0, 0.1) is 11.6 Å². The van der Waals surface area contributed by atoms with E-state index in [0.29, 0.717) is 18.8 Å². The number of hydrogen-bond donors (Lipinski definition) is 4. The average Bonchev–Trinajstić information content (AvgIpc) is 3.11. The van der Waals surface area contributed by atoms with Gasteiger partial charge in [0.15, 0.2) is 0 Å². The Morgan fingerprint density at radius 1 is 1.24 bits per heavy atom. The number of amides is 1. The van der Waals surface area contributed by atoms with E-state index >= 15 is 0 Å². The summed E-state index contributed by atoms with van der Waals surface area (Å²) in [5, 5.41) is 25.4. The number of aliphatic hydroxyl groups is 1. The molecule has 3 rings (SSSR count). The van der Waals surface area contributed by atoms with E-state index in [1.54, 1.807) is 13.2 Å². The first-order chi connectivity index (χ1) is 15.8. The van der Waals surface area contributed by atoms with Gasteiger partial charge in [0, 0.05) is 18.7 Å². The summed E-state index contributed by atoms with van der Waals surface area (Å²) in [6.45, 7) is 4.11. The molecular weight excluding hydrogens is 434 g/mol. The molecule has 0 saturated heterocycles. The molecular formula is C24H28F2N2O5. The van der Waals surface area contributed by atoms with Crippen LogP contribution in [0.15, 0.2) is 49.1 Å². The summed E-state index contributed by atoms with van der Waals surface area (Å²) in [5.41, 5.74) is 2.20. The lowest BCUT2D eigenvalue weighted by atomic mass is 10.00. The number of carboxylic acid groups (broad SMARTS) is 1. The fraction of sp³-hybridized carbons (Fsp3) is 0.375. The van der Waals surface area contributed by atoms with Gasteiger partial charge in [-0.15, -0.1) is 6.58 Å². The zero-order chi connectivity index (χ0) is 24.0. The van der Waals surface area contributed by atoms with Crippen LogP contribution in [-0.2, 0) is 11.2 Å². The lowest BCUT2D eigenvalue weighted by Gasteiger charge is -2.25. The highest BCUT2D eigenvalue weighted by Gasteiger charge is 2.33. The summed E-state index contributed by atoms with van der Waals surface area (Å²) >= 11 is 0. The van der Waals surface area contributed by atoms with Crippen LogP contribution < -0.4 is 15.4 Å². The molecule has 9 heteroatoms. The summed E-state index contributed by atoms with van der Waals surface area (Å²) in [6, 6.07) is 7.50. The van der Waals surface area contributed by atoms with Crippen molar-refractivity contribution in [2.45, 2.75) is 37.1 Å². The van der Waals surface area contributed by atoms with Crippen LogP contribution in [0.1, 0.15) is 35.3 Å². The van der Waals surface area contributed by atoms with Gasteiger partial charge < -0.3 is 30.3 Å². The highest BCUT2D eigenvalue weighted by atomic mass is 19.1. The van der Waals surface area contributed by atoms with E-state index in [1.165, 1.54) is 0 Å². The molecule has 0 fully saturated rings. The van der Waals surface area contributed by atoms with Crippen molar-refractivity contribution in [2.75, 3.05) is 20.3 Å². The summed E-state index contributed by atoms with van der Waals surface area (Å²) in [7, 11) is 1.58. The van der Waals surface area contributed by atoms with Gasteiger partial charge >= 0.3 is 6.09 Å². The molecule has 4 atom stereocenters. The molecule has 33 heavy (non-hydrogen) atoms. The van der Waals surface area contributed by atoms with Gasteiger partial charge in [0.05, 0.1) is 32.0 Å². The summed E-state index contributed by atoms with van der Waals surface area (Å²) < 4.78 is 38.3. The van der Waals surface area contributed by atoms with Gasteiger partial charge in [-0.25, -0.2) is 13.6 Å². The molecule has 4 N–H and O–H groups in total. The van der Waals surface area contributed by atoms with Gasteiger partial charge in [0.25, 0.3) is 0 Å². The molecule has 0 heterocycles. The van der Waals surface area contributed by atoms with Gasteiger partial charge in [0.1, 0.15) is 17.4 Å². The number of fused-ring (bicyclic) bond motifs is 1. The Morgan fingerprint density at radius 3 is 2.61 bits per heavy atom. The second kappa shape index (κ2) is 11.2. The van der Waals surface area contributed by atoms with Gasteiger partial charge in [-0.1, -0.05) is 12.1 Å². The van der Waals surface area contributed by atoms with E-state index in [0.717, 1.165) is 29.3 Å². The lowest BCUT2D eigenvalue weighted by Crippen LogP contribution is -2.48. The van der Waals surface area contributed by atoms with Gasteiger partial charge in [-0.3, -0.25) is 0 Å². The van der Waals surface area contributed by atoms with E-state index in [1.807, 2.05) is 18.2 Å². The van der Waals surface area contributed by atoms with Crippen molar-refractivity contribution in [1.29, 1.82) is 0 Å². The molecule has 178 valence electrons. The first-order valence-corrected chi connectivity index (χ1v) is 10.6. The molecule has 0 saturated carbocycles. The maximum absolute atomic E-state index is 13.5. The second-order valence-electron chi connectivity index (χ2n) is 7.91. The minimum absolute atomic E-state index is 0.0399. The quantitative estimate of drug-likeness (QED) is 0.382. The fourth-order valence-corrected chi connectivity index (χ4v) is 4.11. The number of methoxy groups -OCH3 is 1. The molecule has 0 aliphatic heterocycles. The number of carbonyl (C=O) groups is 1. The standard InChI is InChI=1S/C24H28F2N2O5/c1-3-6-33-23-12-20(19-11-17(32-2)4-5-18(19)23)27-13-22(29)21(28-24(30)31)9-14-7-15(25)10-16(26)8-14/h3-5,7-8,10-11,20-23,27-29H,1,6,9,12-13H2,2H3,(H,30,31)/t20-,21+,22-,23+/m1/s1. The van der Waals surface area contributed by atoms with Crippen LogP contribution in [0.2, 0.25) is 0 Å². The minimum Gasteiger partial charge on any atom is -0.497 e. The fourth-order valence-electron chi connectivity index (χ4n) is 4.11. The first-order valence-electron chi connectivity index (χ1n) is 10.6. The molecule has 1 amide bonds. The third kappa shape index (κ3) is 6.50. The van der Waals surface area contributed by atoms with Crippen LogP contribution in [-0.4, -0.2) is 48.7 Å². The molecule has 1 aliphatic carbocycles. The summed E-state index contributed by atoms with van der Waals surface area (Å²) in [5.74, 6) is -0.855. The van der Waals surface area contributed by atoms with Crippen LogP contribution in [0.4, 0.5) is 13.6 Å².